The summed E-state index contributed by atoms with van der Waals surface area (Å²) >= 11 is 1.49. The van der Waals surface area contributed by atoms with Crippen LogP contribution in [0.25, 0.3) is 10.1 Å². The number of hydrogen-bond acceptors (Lipinski definition) is 4. The summed E-state index contributed by atoms with van der Waals surface area (Å²) < 4.78 is 29.6. The summed E-state index contributed by atoms with van der Waals surface area (Å²) in [5.74, 6) is -0.0240. The third-order valence-electron chi connectivity index (χ3n) is 5.07. The van der Waals surface area contributed by atoms with E-state index in [0.717, 1.165) is 34.9 Å². The molecular formula is C19H27N3O3S2. The largest absolute Gasteiger partial charge is 0.344 e. The molecule has 0 saturated carbocycles. The number of piperidine rings is 1. The predicted molar refractivity (Wildman–Crippen MR) is 110 cm³/mol. The van der Waals surface area contributed by atoms with Crippen LogP contribution in [0.1, 0.15) is 34.5 Å². The van der Waals surface area contributed by atoms with Gasteiger partial charge < -0.3 is 4.90 Å². The van der Waals surface area contributed by atoms with Gasteiger partial charge in [-0.05, 0) is 36.3 Å². The molecule has 0 unspecified atom stereocenters. The molecule has 1 fully saturated rings. The molecular weight excluding hydrogens is 382 g/mol. The van der Waals surface area contributed by atoms with Crippen molar-refractivity contribution < 1.29 is 13.2 Å². The van der Waals surface area contributed by atoms with Crippen LogP contribution in [0.2, 0.25) is 0 Å². The lowest BCUT2D eigenvalue weighted by atomic mass is 9.95. The molecule has 148 valence electrons. The van der Waals surface area contributed by atoms with Crippen LogP contribution >= 0.6 is 11.3 Å². The molecule has 0 aliphatic carbocycles. The Labute approximate surface area is 165 Å². The first kappa shape index (κ1) is 20.3. The highest BCUT2D eigenvalue weighted by molar-refractivity contribution is 7.86. The van der Waals surface area contributed by atoms with Gasteiger partial charge in [0, 0.05) is 45.5 Å². The van der Waals surface area contributed by atoms with Gasteiger partial charge in [0.05, 0.1) is 4.88 Å². The lowest BCUT2D eigenvalue weighted by molar-refractivity contribution is 0.0831. The second-order valence-corrected chi connectivity index (χ2v) is 10.5. The summed E-state index contributed by atoms with van der Waals surface area (Å²) in [6, 6.07) is 7.86. The number of carbonyl (C=O) groups excluding carboxylic acids is 1. The molecule has 0 spiro atoms. The number of nitrogens with zero attached hydrogens (tertiary/aromatic N) is 3. The van der Waals surface area contributed by atoms with E-state index < -0.39 is 10.2 Å². The van der Waals surface area contributed by atoms with E-state index in [1.54, 1.807) is 37.4 Å². The van der Waals surface area contributed by atoms with Gasteiger partial charge in [0.15, 0.2) is 0 Å². The van der Waals surface area contributed by atoms with E-state index >= 15 is 0 Å². The Morgan fingerprint density at radius 2 is 1.89 bits per heavy atom. The molecule has 8 heteroatoms. The molecule has 0 N–H and O–H groups in total. The van der Waals surface area contributed by atoms with Gasteiger partial charge in [-0.1, -0.05) is 24.6 Å². The van der Waals surface area contributed by atoms with Gasteiger partial charge >= 0.3 is 0 Å². The zero-order valence-electron chi connectivity index (χ0n) is 16.3. The fourth-order valence-electron chi connectivity index (χ4n) is 3.60. The van der Waals surface area contributed by atoms with Crippen LogP contribution in [0, 0.1) is 0 Å². The van der Waals surface area contributed by atoms with E-state index in [-0.39, 0.29) is 11.9 Å². The van der Waals surface area contributed by atoms with Crippen LogP contribution in [0.15, 0.2) is 24.3 Å². The van der Waals surface area contributed by atoms with Crippen LogP contribution < -0.4 is 0 Å². The molecule has 3 rings (SSSR count). The van der Waals surface area contributed by atoms with Crippen molar-refractivity contribution in [3.8, 4) is 0 Å². The lowest BCUT2D eigenvalue weighted by Gasteiger charge is -2.36. The van der Waals surface area contributed by atoms with Crippen LogP contribution in [0.3, 0.4) is 0 Å². The number of hydrogen-bond donors (Lipinski definition) is 0. The van der Waals surface area contributed by atoms with Crippen LogP contribution in [0.4, 0.5) is 0 Å². The minimum atomic E-state index is -3.48. The fraction of sp³-hybridized carbons (Fsp3) is 0.526. The first-order valence-corrected chi connectivity index (χ1v) is 11.4. The Balaban J connectivity index is 2.04. The first-order chi connectivity index (χ1) is 12.7. The number of rotatable bonds is 5. The van der Waals surface area contributed by atoms with Crippen molar-refractivity contribution in [2.45, 2.75) is 31.7 Å². The molecule has 1 atom stereocenters. The highest BCUT2D eigenvalue weighted by Crippen LogP contribution is 2.35. The van der Waals surface area contributed by atoms with Crippen molar-refractivity contribution in [1.29, 1.82) is 0 Å². The van der Waals surface area contributed by atoms with E-state index in [1.807, 2.05) is 24.3 Å². The maximum absolute atomic E-state index is 12.8. The smallest absolute Gasteiger partial charge is 0.281 e. The van der Waals surface area contributed by atoms with Gasteiger partial charge in [-0.2, -0.15) is 17.0 Å². The topological polar surface area (TPSA) is 60.9 Å². The Morgan fingerprint density at radius 3 is 2.56 bits per heavy atom. The summed E-state index contributed by atoms with van der Waals surface area (Å²) in [4.78, 5) is 15.1. The summed E-state index contributed by atoms with van der Waals surface area (Å²) in [7, 11) is 3.16. The summed E-state index contributed by atoms with van der Waals surface area (Å²) in [6.07, 6.45) is 3.25. The molecule has 0 radical (unpaired) electrons. The Kier molecular flexibility index (Phi) is 5.90. The molecule has 2 heterocycles. The Hall–Kier alpha value is -1.48. The Bertz CT molecular complexity index is 935. The molecule has 2 aromatic rings. The molecule has 6 nitrogen and oxygen atoms in total. The summed E-state index contributed by atoms with van der Waals surface area (Å²) in [5, 5.41) is 1.06. The minimum absolute atomic E-state index is 0.0240. The molecule has 1 aromatic carbocycles. The van der Waals surface area contributed by atoms with Crippen molar-refractivity contribution >= 4 is 37.5 Å². The van der Waals surface area contributed by atoms with Crippen LogP contribution in [0.5, 0.6) is 0 Å². The number of amides is 1. The van der Waals surface area contributed by atoms with Gasteiger partial charge in [0.2, 0.25) is 0 Å². The van der Waals surface area contributed by atoms with Crippen molar-refractivity contribution in [3.05, 3.63) is 34.7 Å². The monoisotopic (exact) mass is 409 g/mol. The normalized spacial score (nSPS) is 18.9. The average molecular weight is 410 g/mol. The predicted octanol–water partition coefficient (Wildman–Crippen LogP) is 2.81. The first-order valence-electron chi connectivity index (χ1n) is 9.15. The van der Waals surface area contributed by atoms with Crippen LogP contribution in [-0.4, -0.2) is 68.6 Å². The van der Waals surface area contributed by atoms with E-state index in [0.29, 0.717) is 17.8 Å². The van der Waals surface area contributed by atoms with Gasteiger partial charge in [-0.25, -0.2) is 0 Å². The number of benzene rings is 1. The SMILES string of the molecule is CN(C)C(=O)c1sc2ccccc2c1C[C@@H]1CCCCN1S(=O)(=O)N(C)C. The molecule has 0 bridgehead atoms. The summed E-state index contributed by atoms with van der Waals surface area (Å²) in [6.45, 7) is 0.532. The van der Waals surface area contributed by atoms with Gasteiger partial charge in [-0.3, -0.25) is 4.79 Å². The van der Waals surface area contributed by atoms with E-state index in [9.17, 15) is 13.2 Å². The van der Waals surface area contributed by atoms with Gasteiger partial charge in [-0.15, -0.1) is 11.3 Å². The third kappa shape index (κ3) is 3.89. The zero-order chi connectivity index (χ0) is 19.8. The van der Waals surface area contributed by atoms with Crippen molar-refractivity contribution in [1.82, 2.24) is 13.5 Å². The second kappa shape index (κ2) is 7.87. The average Bonchev–Trinajstić information content (AvgIpc) is 2.99. The molecule has 1 aliphatic rings. The van der Waals surface area contributed by atoms with Crippen molar-refractivity contribution in [3.63, 3.8) is 0 Å². The maximum Gasteiger partial charge on any atom is 0.281 e. The molecule has 1 aliphatic heterocycles. The standard InChI is InChI=1S/C19H27N3O3S2/c1-20(2)19(23)18-16(15-10-5-6-11-17(15)26-18)13-14-9-7-8-12-22(14)27(24,25)21(3)4/h5-6,10-11,14H,7-9,12-13H2,1-4H3/t14-/m0/s1. The van der Waals surface area contributed by atoms with E-state index in [2.05, 4.69) is 0 Å². The molecule has 1 amide bonds. The number of carbonyl (C=O) groups is 1. The van der Waals surface area contributed by atoms with Crippen molar-refractivity contribution in [2.24, 2.45) is 0 Å². The highest BCUT2D eigenvalue weighted by atomic mass is 32.2. The number of thiophene rings is 1. The molecule has 1 aromatic heterocycles. The van der Waals surface area contributed by atoms with Gasteiger partial charge in [0.25, 0.3) is 16.1 Å². The maximum atomic E-state index is 12.8. The summed E-state index contributed by atoms with van der Waals surface area (Å²) in [5.41, 5.74) is 0.972. The van der Waals surface area contributed by atoms with E-state index in [4.69, 9.17) is 0 Å². The minimum Gasteiger partial charge on any atom is -0.344 e. The van der Waals surface area contributed by atoms with Crippen molar-refractivity contribution in [2.75, 3.05) is 34.7 Å². The molecule has 1 saturated heterocycles. The van der Waals surface area contributed by atoms with Crippen LogP contribution in [-0.2, 0) is 16.6 Å². The fourth-order valence-corrected chi connectivity index (χ4v) is 6.19. The third-order valence-corrected chi connectivity index (χ3v) is 8.27. The van der Waals surface area contributed by atoms with Gasteiger partial charge in [0.1, 0.15) is 0 Å². The highest BCUT2D eigenvalue weighted by Gasteiger charge is 2.35. The zero-order valence-corrected chi connectivity index (χ0v) is 17.9. The lowest BCUT2D eigenvalue weighted by Crippen LogP contribution is -2.49. The Morgan fingerprint density at radius 1 is 1.19 bits per heavy atom. The quantitative estimate of drug-likeness (QED) is 0.763. The second-order valence-electron chi connectivity index (χ2n) is 7.36. The van der Waals surface area contributed by atoms with E-state index in [1.165, 1.54) is 15.6 Å². The number of fused-ring (bicyclic) bond motifs is 1. The molecule has 27 heavy (non-hydrogen) atoms.